The number of piperidine rings is 1. The number of likely N-dealkylation sites (tertiary alicyclic amines) is 1. The van der Waals surface area contributed by atoms with Crippen molar-refractivity contribution in [3.8, 4) is 11.3 Å². The number of piperazine rings is 1. The first kappa shape index (κ1) is 29.1. The number of nitrogens with one attached hydrogen (secondary N) is 1. The molecule has 2 aromatic heterocycles. The Hall–Kier alpha value is -2.09. The molecular formula is C26H38Cl2N4O3. The van der Waals surface area contributed by atoms with Crippen LogP contribution in [0.4, 0.5) is 0 Å². The third kappa shape index (κ3) is 6.38. The number of hydrogen-bond acceptors (Lipinski definition) is 5. The molecule has 2 aromatic rings. The molecule has 2 saturated heterocycles. The van der Waals surface area contributed by atoms with E-state index in [-0.39, 0.29) is 36.6 Å². The monoisotopic (exact) mass is 524 g/mol. The normalized spacial score (nSPS) is 19.9. The third-order valence-electron chi connectivity index (χ3n) is 6.94. The van der Waals surface area contributed by atoms with E-state index in [4.69, 9.17) is 4.42 Å². The third-order valence-corrected chi connectivity index (χ3v) is 6.94. The molecule has 2 aliphatic heterocycles. The van der Waals surface area contributed by atoms with Crippen molar-refractivity contribution in [2.75, 3.05) is 19.6 Å². The maximum atomic E-state index is 13.4. The second-order valence-corrected chi connectivity index (χ2v) is 9.81. The Balaban J connectivity index is 0.00000216. The number of carbonyl (C=O) groups is 2. The Morgan fingerprint density at radius 3 is 2.43 bits per heavy atom. The lowest BCUT2D eigenvalue weighted by atomic mass is 9.80. The summed E-state index contributed by atoms with van der Waals surface area (Å²) in [7, 11) is 0. The fourth-order valence-electron chi connectivity index (χ4n) is 5.08. The highest BCUT2D eigenvalue weighted by molar-refractivity contribution is 6.00. The second-order valence-electron chi connectivity index (χ2n) is 9.81. The molecule has 1 unspecified atom stereocenters. The Kier molecular flexibility index (Phi) is 10.6. The molecule has 0 aliphatic carbocycles. The minimum atomic E-state index is -0.721. The zero-order chi connectivity index (χ0) is 23.4. The molecule has 1 atom stereocenters. The molecule has 0 saturated carbocycles. The Bertz CT molecular complexity index is 959. The highest BCUT2D eigenvalue weighted by Gasteiger charge is 2.53. The molecule has 4 heterocycles. The zero-order valence-corrected chi connectivity index (χ0v) is 22.5. The van der Waals surface area contributed by atoms with Crippen LogP contribution in [0.2, 0.25) is 0 Å². The van der Waals surface area contributed by atoms with Crippen LogP contribution < -0.4 is 5.32 Å². The summed E-state index contributed by atoms with van der Waals surface area (Å²) in [6, 6.07) is 7.48. The number of furan rings is 1. The van der Waals surface area contributed by atoms with Crippen LogP contribution in [0, 0.1) is 5.92 Å². The van der Waals surface area contributed by atoms with E-state index >= 15 is 0 Å². The maximum Gasteiger partial charge on any atom is 0.246 e. The van der Waals surface area contributed by atoms with E-state index < -0.39 is 11.6 Å². The molecule has 4 rings (SSSR count). The summed E-state index contributed by atoms with van der Waals surface area (Å²) in [6.07, 6.45) is 7.43. The summed E-state index contributed by atoms with van der Waals surface area (Å²) in [6.45, 7) is 9.17. The van der Waals surface area contributed by atoms with Crippen LogP contribution in [-0.2, 0) is 16.1 Å². The van der Waals surface area contributed by atoms with Gasteiger partial charge in [-0.25, -0.2) is 0 Å². The fraction of sp³-hybridized carbons (Fsp3) is 0.577. The van der Waals surface area contributed by atoms with Crippen molar-refractivity contribution in [2.45, 2.75) is 71.0 Å². The predicted octanol–water partition coefficient (Wildman–Crippen LogP) is 4.69. The highest BCUT2D eigenvalue weighted by Crippen LogP contribution is 2.35. The lowest BCUT2D eigenvalue weighted by Gasteiger charge is -2.51. The van der Waals surface area contributed by atoms with Gasteiger partial charge in [-0.15, -0.1) is 24.8 Å². The largest absolute Gasteiger partial charge is 0.460 e. The number of nitrogens with zero attached hydrogens (tertiary/aromatic N) is 3. The smallest absolute Gasteiger partial charge is 0.246 e. The van der Waals surface area contributed by atoms with Gasteiger partial charge in [-0.1, -0.05) is 27.2 Å². The van der Waals surface area contributed by atoms with Crippen LogP contribution in [0.3, 0.4) is 0 Å². The van der Waals surface area contributed by atoms with Crippen LogP contribution in [0.5, 0.6) is 0 Å². The molecular weight excluding hydrogens is 487 g/mol. The van der Waals surface area contributed by atoms with E-state index in [0.29, 0.717) is 38.3 Å². The number of rotatable bonds is 8. The summed E-state index contributed by atoms with van der Waals surface area (Å²) in [4.78, 5) is 35.0. The van der Waals surface area contributed by atoms with Gasteiger partial charge in [0.05, 0.1) is 6.54 Å². The number of hydrogen-bond donors (Lipinski definition) is 1. The summed E-state index contributed by atoms with van der Waals surface area (Å²) < 4.78 is 6.06. The van der Waals surface area contributed by atoms with Crippen LogP contribution in [0.15, 0.2) is 41.1 Å². The molecule has 194 valence electrons. The first-order valence-electron chi connectivity index (χ1n) is 12.3. The molecule has 1 N–H and O–H groups in total. The van der Waals surface area contributed by atoms with Gasteiger partial charge < -0.3 is 14.6 Å². The van der Waals surface area contributed by atoms with Gasteiger partial charge in [0.15, 0.2) is 0 Å². The summed E-state index contributed by atoms with van der Waals surface area (Å²) in [5.41, 5.74) is 0.287. The number of carbonyl (C=O) groups excluding carboxylic acids is 2. The minimum absolute atomic E-state index is 0. The molecule has 2 amide bonds. The first-order valence-corrected chi connectivity index (χ1v) is 12.3. The van der Waals surface area contributed by atoms with E-state index in [2.05, 4.69) is 36.0 Å². The zero-order valence-electron chi connectivity index (χ0n) is 20.9. The molecule has 0 radical (unpaired) electrons. The van der Waals surface area contributed by atoms with Gasteiger partial charge in [0.2, 0.25) is 11.8 Å². The van der Waals surface area contributed by atoms with Gasteiger partial charge in [-0.05, 0) is 55.9 Å². The van der Waals surface area contributed by atoms with Crippen LogP contribution >= 0.6 is 24.8 Å². The van der Waals surface area contributed by atoms with E-state index in [1.54, 1.807) is 12.4 Å². The van der Waals surface area contributed by atoms with Crippen molar-refractivity contribution in [1.82, 2.24) is 20.1 Å². The maximum absolute atomic E-state index is 13.4. The van der Waals surface area contributed by atoms with E-state index in [1.165, 1.54) is 0 Å². The van der Waals surface area contributed by atoms with Gasteiger partial charge in [0, 0.05) is 37.6 Å². The number of unbranched alkanes of at least 4 members (excludes halogenated alkanes) is 1. The molecule has 2 fully saturated rings. The van der Waals surface area contributed by atoms with Crippen LogP contribution in [0.1, 0.15) is 58.6 Å². The number of pyridine rings is 1. The average molecular weight is 526 g/mol. The lowest BCUT2D eigenvalue weighted by molar-refractivity contribution is -0.161. The van der Waals surface area contributed by atoms with Crippen LogP contribution in [-0.4, -0.2) is 57.8 Å². The van der Waals surface area contributed by atoms with E-state index in [0.717, 1.165) is 43.0 Å². The number of aromatic nitrogens is 1. The van der Waals surface area contributed by atoms with Gasteiger partial charge >= 0.3 is 0 Å². The number of halogens is 2. The lowest BCUT2D eigenvalue weighted by Crippen LogP contribution is -2.73. The minimum Gasteiger partial charge on any atom is -0.460 e. The quantitative estimate of drug-likeness (QED) is 0.541. The predicted molar refractivity (Wildman–Crippen MR) is 142 cm³/mol. The van der Waals surface area contributed by atoms with Crippen LogP contribution in [0.25, 0.3) is 11.3 Å². The fourth-order valence-corrected chi connectivity index (χ4v) is 5.08. The Labute approximate surface area is 220 Å². The highest BCUT2D eigenvalue weighted by atomic mass is 35.5. The Morgan fingerprint density at radius 2 is 1.80 bits per heavy atom. The standard InChI is InChI=1S/C26H36N4O3.2ClH/c1-4-5-14-30-24(31)22(17-19(2)3)28-25(32)26(30)10-15-29(16-11-26)18-21-6-7-23(33-21)20-8-12-27-13-9-20;;/h6-9,12-13,19,22H,4-5,10-11,14-18H2,1-3H3,(H,28,32);2*1H. The van der Waals surface area contributed by atoms with Crippen molar-refractivity contribution in [1.29, 1.82) is 0 Å². The summed E-state index contributed by atoms with van der Waals surface area (Å²) >= 11 is 0. The Morgan fingerprint density at radius 1 is 1.11 bits per heavy atom. The number of amides is 2. The van der Waals surface area contributed by atoms with Crippen molar-refractivity contribution >= 4 is 36.6 Å². The van der Waals surface area contributed by atoms with Gasteiger partial charge in [-0.2, -0.15) is 0 Å². The molecule has 0 bridgehead atoms. The topological polar surface area (TPSA) is 78.7 Å². The molecule has 2 aliphatic rings. The molecule has 35 heavy (non-hydrogen) atoms. The molecule has 1 spiro atoms. The van der Waals surface area contributed by atoms with E-state index in [1.807, 2.05) is 29.2 Å². The van der Waals surface area contributed by atoms with Gasteiger partial charge in [0.1, 0.15) is 23.1 Å². The second kappa shape index (κ2) is 12.7. The van der Waals surface area contributed by atoms with Crippen molar-refractivity contribution in [3.05, 3.63) is 42.4 Å². The van der Waals surface area contributed by atoms with Crippen molar-refractivity contribution in [3.63, 3.8) is 0 Å². The molecule has 9 heteroatoms. The van der Waals surface area contributed by atoms with Gasteiger partial charge in [0.25, 0.3) is 0 Å². The SMILES string of the molecule is CCCCN1C(=O)C(CC(C)C)NC(=O)C12CCN(Cc1ccc(-c3ccncc3)o1)CC2.Cl.Cl. The van der Waals surface area contributed by atoms with E-state index in [9.17, 15) is 9.59 Å². The molecule has 7 nitrogen and oxygen atoms in total. The first-order chi connectivity index (χ1) is 15.9. The van der Waals surface area contributed by atoms with Crippen molar-refractivity contribution < 1.29 is 14.0 Å². The van der Waals surface area contributed by atoms with Gasteiger partial charge in [-0.3, -0.25) is 19.5 Å². The molecule has 0 aromatic carbocycles. The van der Waals surface area contributed by atoms with Crippen molar-refractivity contribution in [2.24, 2.45) is 5.92 Å². The average Bonchev–Trinajstić information content (AvgIpc) is 3.28. The summed E-state index contributed by atoms with van der Waals surface area (Å²) in [5, 5.41) is 3.08. The summed E-state index contributed by atoms with van der Waals surface area (Å²) in [5.74, 6) is 2.22.